The van der Waals surface area contributed by atoms with Gasteiger partial charge in [0.2, 0.25) is 5.91 Å². The lowest BCUT2D eigenvalue weighted by Gasteiger charge is -2.30. The maximum absolute atomic E-state index is 13.8. The molecule has 0 spiro atoms. The fourth-order valence-electron chi connectivity index (χ4n) is 4.16. The first kappa shape index (κ1) is 20.3. The van der Waals surface area contributed by atoms with Gasteiger partial charge in [0.1, 0.15) is 16.9 Å². The van der Waals surface area contributed by atoms with E-state index in [9.17, 15) is 14.4 Å². The molecular formula is C25H21NO5. The molecule has 1 aliphatic heterocycles. The van der Waals surface area contributed by atoms with E-state index in [1.165, 1.54) is 13.8 Å². The largest absolute Gasteiger partial charge is 0.427 e. The molecule has 1 heterocycles. The van der Waals surface area contributed by atoms with E-state index in [-0.39, 0.29) is 5.91 Å². The molecular weight excluding hydrogens is 394 g/mol. The van der Waals surface area contributed by atoms with Crippen LogP contribution in [0.1, 0.15) is 30.5 Å². The van der Waals surface area contributed by atoms with E-state index in [0.29, 0.717) is 11.5 Å². The quantitative estimate of drug-likeness (QED) is 0.478. The van der Waals surface area contributed by atoms with Crippen LogP contribution in [0.25, 0.3) is 0 Å². The van der Waals surface area contributed by atoms with E-state index >= 15 is 0 Å². The number of hydrogen-bond acceptors (Lipinski definition) is 5. The Labute approximate surface area is 180 Å². The van der Waals surface area contributed by atoms with E-state index < -0.39 is 17.4 Å². The SMILES string of the molecule is CC(=O)Oc1ccc(C2(c3ccc(OC(C)=O)cc3)C(=O)N(C)c3ccccc32)cc1. The fraction of sp³-hybridized carbons (Fsp3) is 0.160. The fourth-order valence-corrected chi connectivity index (χ4v) is 4.16. The zero-order valence-corrected chi connectivity index (χ0v) is 17.4. The highest BCUT2D eigenvalue weighted by Crippen LogP contribution is 2.50. The van der Waals surface area contributed by atoms with E-state index in [1.807, 2.05) is 24.3 Å². The van der Waals surface area contributed by atoms with E-state index in [1.54, 1.807) is 60.5 Å². The van der Waals surface area contributed by atoms with Crippen molar-refractivity contribution in [2.24, 2.45) is 0 Å². The number of carbonyl (C=O) groups is 3. The lowest BCUT2D eigenvalue weighted by molar-refractivity contribution is -0.132. The number of likely N-dealkylation sites (N-methyl/N-ethyl adjacent to an activating group) is 1. The summed E-state index contributed by atoms with van der Waals surface area (Å²) in [5.74, 6) is -0.113. The molecule has 0 bridgehead atoms. The van der Waals surface area contributed by atoms with Crippen LogP contribution in [-0.2, 0) is 19.8 Å². The van der Waals surface area contributed by atoms with Gasteiger partial charge in [-0.25, -0.2) is 0 Å². The van der Waals surface area contributed by atoms with Gasteiger partial charge in [0.15, 0.2) is 0 Å². The minimum absolute atomic E-state index is 0.103. The van der Waals surface area contributed by atoms with Gasteiger partial charge >= 0.3 is 11.9 Å². The zero-order valence-electron chi connectivity index (χ0n) is 17.4. The molecule has 0 saturated heterocycles. The van der Waals surface area contributed by atoms with Gasteiger partial charge in [-0.05, 0) is 41.5 Å². The first-order valence-corrected chi connectivity index (χ1v) is 9.79. The number of esters is 2. The summed E-state index contributed by atoms with van der Waals surface area (Å²) in [5, 5.41) is 0. The van der Waals surface area contributed by atoms with Crippen LogP contribution in [-0.4, -0.2) is 24.9 Å². The number of ether oxygens (including phenoxy) is 2. The minimum Gasteiger partial charge on any atom is -0.427 e. The van der Waals surface area contributed by atoms with Crippen molar-refractivity contribution in [3.8, 4) is 11.5 Å². The van der Waals surface area contributed by atoms with Crippen LogP contribution in [0, 0.1) is 0 Å². The highest BCUT2D eigenvalue weighted by Gasteiger charge is 2.52. The molecule has 0 aromatic heterocycles. The molecule has 3 aromatic rings. The Hall–Kier alpha value is -3.93. The molecule has 0 saturated carbocycles. The molecule has 0 radical (unpaired) electrons. The van der Waals surface area contributed by atoms with Crippen molar-refractivity contribution in [3.05, 3.63) is 89.5 Å². The highest BCUT2D eigenvalue weighted by molar-refractivity contribution is 6.12. The molecule has 0 fully saturated rings. The van der Waals surface area contributed by atoms with Gasteiger partial charge in [0.25, 0.3) is 0 Å². The van der Waals surface area contributed by atoms with Gasteiger partial charge < -0.3 is 14.4 Å². The molecule has 0 atom stereocenters. The van der Waals surface area contributed by atoms with Gasteiger partial charge in [0.05, 0.1) is 0 Å². The van der Waals surface area contributed by atoms with Crippen molar-refractivity contribution >= 4 is 23.5 Å². The number of hydrogen-bond donors (Lipinski definition) is 0. The van der Waals surface area contributed by atoms with Gasteiger partial charge in [-0.1, -0.05) is 42.5 Å². The number of anilines is 1. The molecule has 1 amide bonds. The molecule has 156 valence electrons. The van der Waals surface area contributed by atoms with Crippen LogP contribution in [0.3, 0.4) is 0 Å². The zero-order chi connectivity index (χ0) is 22.2. The second kappa shape index (κ2) is 7.72. The summed E-state index contributed by atoms with van der Waals surface area (Å²) in [6, 6.07) is 21.6. The Morgan fingerprint density at radius 1 is 0.742 bits per heavy atom. The number of para-hydroxylation sites is 1. The average molecular weight is 415 g/mol. The van der Waals surface area contributed by atoms with Crippen molar-refractivity contribution in [1.29, 1.82) is 0 Å². The lowest BCUT2D eigenvalue weighted by atomic mass is 9.70. The number of rotatable bonds is 4. The van der Waals surface area contributed by atoms with Crippen molar-refractivity contribution in [2.75, 3.05) is 11.9 Å². The van der Waals surface area contributed by atoms with Crippen molar-refractivity contribution in [1.82, 2.24) is 0 Å². The monoisotopic (exact) mass is 415 g/mol. The molecule has 3 aromatic carbocycles. The minimum atomic E-state index is -1.09. The van der Waals surface area contributed by atoms with Gasteiger partial charge in [-0.3, -0.25) is 14.4 Å². The van der Waals surface area contributed by atoms with Crippen LogP contribution in [0.5, 0.6) is 11.5 Å². The average Bonchev–Trinajstić information content (AvgIpc) is 2.97. The second-order valence-electron chi connectivity index (χ2n) is 7.37. The first-order valence-electron chi connectivity index (χ1n) is 9.79. The molecule has 1 aliphatic rings. The topological polar surface area (TPSA) is 72.9 Å². The third-order valence-corrected chi connectivity index (χ3v) is 5.39. The van der Waals surface area contributed by atoms with E-state index in [4.69, 9.17) is 9.47 Å². The smallest absolute Gasteiger partial charge is 0.308 e. The molecule has 6 heteroatoms. The van der Waals surface area contributed by atoms with Crippen LogP contribution >= 0.6 is 0 Å². The van der Waals surface area contributed by atoms with Crippen LogP contribution in [0.15, 0.2) is 72.8 Å². The Bertz CT molecular complexity index is 1110. The molecule has 0 aliphatic carbocycles. The molecule has 4 rings (SSSR count). The lowest BCUT2D eigenvalue weighted by Crippen LogP contribution is -2.40. The van der Waals surface area contributed by atoms with Gasteiger partial charge in [0, 0.05) is 32.1 Å². The third-order valence-electron chi connectivity index (χ3n) is 5.39. The molecule has 31 heavy (non-hydrogen) atoms. The van der Waals surface area contributed by atoms with Crippen molar-refractivity contribution in [3.63, 3.8) is 0 Å². The maximum atomic E-state index is 13.8. The standard InChI is InChI=1S/C25H21NO5/c1-16(27)30-20-12-8-18(9-13-20)25(19-10-14-21(15-11-19)31-17(2)28)22-6-4-5-7-23(22)26(3)24(25)29/h4-15H,1-3H3. The predicted octanol–water partition coefficient (Wildman–Crippen LogP) is 3.85. The van der Waals surface area contributed by atoms with Crippen molar-refractivity contribution in [2.45, 2.75) is 19.3 Å². The van der Waals surface area contributed by atoms with Gasteiger partial charge in [-0.2, -0.15) is 0 Å². The highest BCUT2D eigenvalue weighted by atomic mass is 16.5. The summed E-state index contributed by atoms with van der Waals surface area (Å²) in [5.41, 5.74) is 2.06. The number of amides is 1. The van der Waals surface area contributed by atoms with Crippen molar-refractivity contribution < 1.29 is 23.9 Å². The summed E-state index contributed by atoms with van der Waals surface area (Å²) in [7, 11) is 1.75. The first-order chi connectivity index (χ1) is 14.8. The van der Waals surface area contributed by atoms with Crippen LogP contribution in [0.4, 0.5) is 5.69 Å². The maximum Gasteiger partial charge on any atom is 0.308 e. The van der Waals surface area contributed by atoms with E-state index in [2.05, 4.69) is 0 Å². The van der Waals surface area contributed by atoms with E-state index in [0.717, 1.165) is 22.4 Å². The number of carbonyl (C=O) groups excluding carboxylic acids is 3. The summed E-state index contributed by atoms with van der Waals surface area (Å²) in [6.07, 6.45) is 0. The van der Waals surface area contributed by atoms with Crippen LogP contribution in [0.2, 0.25) is 0 Å². The molecule has 0 unspecified atom stereocenters. The summed E-state index contributed by atoms with van der Waals surface area (Å²) in [6.45, 7) is 2.68. The Morgan fingerprint density at radius 2 is 1.19 bits per heavy atom. The Morgan fingerprint density at radius 3 is 1.65 bits per heavy atom. The third kappa shape index (κ3) is 3.36. The number of fused-ring (bicyclic) bond motifs is 1. The van der Waals surface area contributed by atoms with Crippen LogP contribution < -0.4 is 14.4 Å². The summed E-state index contributed by atoms with van der Waals surface area (Å²) < 4.78 is 10.3. The molecule has 0 N–H and O–H groups in total. The summed E-state index contributed by atoms with van der Waals surface area (Å²) in [4.78, 5) is 38.0. The number of nitrogens with zero attached hydrogens (tertiary/aromatic N) is 1. The summed E-state index contributed by atoms with van der Waals surface area (Å²) >= 11 is 0. The normalized spacial score (nSPS) is 14.2. The Kier molecular flexibility index (Phi) is 5.07. The number of benzene rings is 3. The Balaban J connectivity index is 1.91. The second-order valence-corrected chi connectivity index (χ2v) is 7.37. The van der Waals surface area contributed by atoms with Gasteiger partial charge in [-0.15, -0.1) is 0 Å². The predicted molar refractivity (Wildman–Crippen MR) is 115 cm³/mol. The molecule has 6 nitrogen and oxygen atoms in total.